The number of ether oxygens (including phenoxy) is 1. The highest BCUT2D eigenvalue weighted by atomic mass is 32.2. The second-order valence-electron chi connectivity index (χ2n) is 7.14. The molecule has 2 aliphatic rings. The molecule has 2 fully saturated rings. The van der Waals surface area contributed by atoms with E-state index in [1.165, 1.54) is 11.4 Å². The molecule has 3 atom stereocenters. The fourth-order valence-corrected chi connectivity index (χ4v) is 4.70. The monoisotopic (exact) mass is 347 g/mol. The van der Waals surface area contributed by atoms with Crippen LogP contribution in [-0.2, 0) is 24.5 Å². The van der Waals surface area contributed by atoms with Gasteiger partial charge in [0.1, 0.15) is 12.1 Å². The molecule has 8 nitrogen and oxygen atoms in total. The van der Waals surface area contributed by atoms with Crippen LogP contribution in [0.4, 0.5) is 0 Å². The van der Waals surface area contributed by atoms with Gasteiger partial charge in [0, 0.05) is 19.6 Å². The maximum absolute atomic E-state index is 12.7. The van der Waals surface area contributed by atoms with Crippen LogP contribution < -0.4 is 5.32 Å². The molecule has 0 unspecified atom stereocenters. The van der Waals surface area contributed by atoms with Gasteiger partial charge in [-0.05, 0) is 27.2 Å². The summed E-state index contributed by atoms with van der Waals surface area (Å²) in [6.07, 6.45) is 0.584. The topological polar surface area (TPSA) is 96.0 Å². The predicted molar refractivity (Wildman–Crippen MR) is 83.6 cm³/mol. The molecular formula is C14H25N3O5S. The van der Waals surface area contributed by atoms with Gasteiger partial charge in [0.15, 0.2) is 0 Å². The summed E-state index contributed by atoms with van der Waals surface area (Å²) in [5.41, 5.74) is -0.670. The summed E-state index contributed by atoms with van der Waals surface area (Å²) in [5, 5.41) is 2.82. The van der Waals surface area contributed by atoms with E-state index >= 15 is 0 Å². The average Bonchev–Trinajstić information content (AvgIpc) is 2.89. The minimum atomic E-state index is -3.83. The number of likely N-dealkylation sites (N-methyl/N-ethyl adjacent to an activating group) is 1. The molecular weight excluding hydrogens is 322 g/mol. The third-order valence-corrected chi connectivity index (χ3v) is 6.06. The minimum Gasteiger partial charge on any atom is -0.459 e. The maximum atomic E-state index is 12.7. The highest BCUT2D eigenvalue weighted by Crippen LogP contribution is 2.32. The van der Waals surface area contributed by atoms with Crippen LogP contribution >= 0.6 is 0 Å². The lowest BCUT2D eigenvalue weighted by Crippen LogP contribution is -2.49. The number of nitrogens with zero attached hydrogens (tertiary/aromatic N) is 2. The predicted octanol–water partition coefficient (Wildman–Crippen LogP) is -0.286. The molecule has 132 valence electrons. The lowest BCUT2D eigenvalue weighted by molar-refractivity contribution is -0.154. The van der Waals surface area contributed by atoms with Crippen molar-refractivity contribution < 1.29 is 22.7 Å². The first-order chi connectivity index (χ1) is 10.4. The smallest absolute Gasteiger partial charge is 0.321 e. The van der Waals surface area contributed by atoms with Gasteiger partial charge in [-0.3, -0.25) is 9.59 Å². The van der Waals surface area contributed by atoms with Crippen LogP contribution in [0.15, 0.2) is 0 Å². The molecule has 0 aromatic carbocycles. The Morgan fingerprint density at radius 1 is 1.43 bits per heavy atom. The molecule has 0 spiro atoms. The molecule has 0 aromatic heterocycles. The zero-order chi connectivity index (χ0) is 17.6. The Hall–Kier alpha value is -1.19. The number of amides is 1. The highest BCUT2D eigenvalue weighted by Gasteiger charge is 2.51. The van der Waals surface area contributed by atoms with Crippen molar-refractivity contribution in [3.63, 3.8) is 0 Å². The van der Waals surface area contributed by atoms with Crippen LogP contribution in [0.25, 0.3) is 0 Å². The van der Waals surface area contributed by atoms with Gasteiger partial charge in [-0.15, -0.1) is 0 Å². The van der Waals surface area contributed by atoms with Gasteiger partial charge in [0.05, 0.1) is 12.0 Å². The molecule has 0 saturated carbocycles. The third-order valence-electron chi connectivity index (χ3n) is 4.12. The zero-order valence-corrected chi connectivity index (χ0v) is 15.0. The van der Waals surface area contributed by atoms with E-state index in [2.05, 4.69) is 5.32 Å². The average molecular weight is 347 g/mol. The quantitative estimate of drug-likeness (QED) is 0.705. The number of hydrogen-bond donors (Lipinski definition) is 1. The molecule has 23 heavy (non-hydrogen) atoms. The van der Waals surface area contributed by atoms with Crippen molar-refractivity contribution in [1.29, 1.82) is 0 Å². The van der Waals surface area contributed by atoms with E-state index in [1.54, 1.807) is 27.7 Å². The number of carbonyl (C=O) groups is 2. The van der Waals surface area contributed by atoms with Crippen LogP contribution in [0.5, 0.6) is 0 Å². The Kier molecular flexibility index (Phi) is 4.76. The maximum Gasteiger partial charge on any atom is 0.321 e. The van der Waals surface area contributed by atoms with Crippen molar-refractivity contribution in [3.8, 4) is 0 Å². The van der Waals surface area contributed by atoms with Gasteiger partial charge in [0.25, 0.3) is 10.2 Å². The Morgan fingerprint density at radius 3 is 2.61 bits per heavy atom. The van der Waals surface area contributed by atoms with E-state index in [9.17, 15) is 18.0 Å². The normalized spacial score (nSPS) is 28.8. The van der Waals surface area contributed by atoms with Crippen molar-refractivity contribution >= 4 is 22.1 Å². The number of esters is 1. The highest BCUT2D eigenvalue weighted by molar-refractivity contribution is 7.86. The molecule has 0 bridgehead atoms. The van der Waals surface area contributed by atoms with E-state index in [1.807, 2.05) is 0 Å². The lowest BCUT2D eigenvalue weighted by atomic mass is 10.0. The number of nitrogens with one attached hydrogen (secondary N) is 1. The first kappa shape index (κ1) is 18.2. The molecule has 2 heterocycles. The SMILES string of the molecule is C[C@@H]1C(=O)N[C@H]2CCN(S(=O)(=O)N(C)CC(=O)OC(C)(C)C)[C@@H]21. The van der Waals surface area contributed by atoms with Crippen molar-refractivity contribution in [2.45, 2.75) is 51.8 Å². The molecule has 0 aliphatic carbocycles. The first-order valence-corrected chi connectivity index (χ1v) is 9.08. The van der Waals surface area contributed by atoms with Gasteiger partial charge in [-0.25, -0.2) is 0 Å². The molecule has 1 N–H and O–H groups in total. The Labute approximate surface area is 137 Å². The molecule has 2 rings (SSSR count). The van der Waals surface area contributed by atoms with Gasteiger partial charge < -0.3 is 10.1 Å². The van der Waals surface area contributed by atoms with Crippen molar-refractivity contribution in [2.24, 2.45) is 5.92 Å². The second kappa shape index (κ2) is 6.03. The van der Waals surface area contributed by atoms with Crippen LogP contribution in [0, 0.1) is 5.92 Å². The van der Waals surface area contributed by atoms with E-state index < -0.39 is 33.7 Å². The van der Waals surface area contributed by atoms with Gasteiger partial charge in [-0.1, -0.05) is 6.92 Å². The van der Waals surface area contributed by atoms with E-state index in [4.69, 9.17) is 4.74 Å². The van der Waals surface area contributed by atoms with Crippen molar-refractivity contribution in [3.05, 3.63) is 0 Å². The van der Waals surface area contributed by atoms with Crippen LogP contribution in [0.3, 0.4) is 0 Å². The number of fused-ring (bicyclic) bond motifs is 1. The number of rotatable bonds is 4. The Bertz CT molecular complexity index is 598. The third kappa shape index (κ3) is 3.67. The fraction of sp³-hybridized carbons (Fsp3) is 0.857. The standard InChI is InChI=1S/C14H25N3O5S/c1-9-12-10(15-13(9)19)6-7-17(12)23(20,21)16(5)8-11(18)22-14(2,3)4/h9-10,12H,6-8H2,1-5H3,(H,15,19)/t9-,10-,12+/m0/s1. The zero-order valence-electron chi connectivity index (χ0n) is 14.2. The molecule has 0 aromatic rings. The van der Waals surface area contributed by atoms with Gasteiger partial charge >= 0.3 is 5.97 Å². The molecule has 9 heteroatoms. The number of hydrogen-bond acceptors (Lipinski definition) is 5. The van der Waals surface area contributed by atoms with Crippen molar-refractivity contribution in [2.75, 3.05) is 20.1 Å². The summed E-state index contributed by atoms with van der Waals surface area (Å²) in [4.78, 5) is 23.6. The van der Waals surface area contributed by atoms with Crippen molar-refractivity contribution in [1.82, 2.24) is 13.9 Å². The van der Waals surface area contributed by atoms with Crippen LogP contribution in [-0.4, -0.2) is 66.7 Å². The summed E-state index contributed by atoms with van der Waals surface area (Å²) >= 11 is 0. The van der Waals surface area contributed by atoms with E-state index in [-0.39, 0.29) is 18.5 Å². The van der Waals surface area contributed by atoms with Gasteiger partial charge in [0.2, 0.25) is 5.91 Å². The lowest BCUT2D eigenvalue weighted by Gasteiger charge is -2.29. The first-order valence-electron chi connectivity index (χ1n) is 7.69. The Morgan fingerprint density at radius 2 is 2.04 bits per heavy atom. The van der Waals surface area contributed by atoms with Crippen LogP contribution in [0.1, 0.15) is 34.1 Å². The van der Waals surface area contributed by atoms with Gasteiger partial charge in [-0.2, -0.15) is 17.0 Å². The minimum absolute atomic E-state index is 0.130. The molecule has 0 radical (unpaired) electrons. The summed E-state index contributed by atoms with van der Waals surface area (Å²) in [6.45, 7) is 6.87. The molecule has 2 saturated heterocycles. The Balaban J connectivity index is 2.09. The summed E-state index contributed by atoms with van der Waals surface area (Å²) < 4.78 is 32.9. The molecule has 1 amide bonds. The summed E-state index contributed by atoms with van der Waals surface area (Å²) in [6, 6.07) is -0.546. The largest absolute Gasteiger partial charge is 0.459 e. The molecule has 2 aliphatic heterocycles. The van der Waals surface area contributed by atoms with E-state index in [0.29, 0.717) is 13.0 Å². The van der Waals surface area contributed by atoms with Crippen LogP contribution in [0.2, 0.25) is 0 Å². The summed E-state index contributed by atoms with van der Waals surface area (Å²) in [7, 11) is -2.48. The fourth-order valence-electron chi connectivity index (χ4n) is 3.10. The summed E-state index contributed by atoms with van der Waals surface area (Å²) in [5.74, 6) is -1.13. The van der Waals surface area contributed by atoms with E-state index in [0.717, 1.165) is 4.31 Å². The number of carbonyl (C=O) groups excluding carboxylic acids is 2. The second-order valence-corrected chi connectivity index (χ2v) is 9.13.